The zero-order valence-corrected chi connectivity index (χ0v) is 12.7. The Morgan fingerprint density at radius 1 is 1.48 bits per heavy atom. The van der Waals surface area contributed by atoms with Crippen molar-refractivity contribution in [1.82, 2.24) is 9.29 Å². The first-order chi connectivity index (χ1) is 9.82. The van der Waals surface area contributed by atoms with E-state index in [0.29, 0.717) is 11.5 Å². The first kappa shape index (κ1) is 15.7. The Hall–Kier alpha value is -1.73. The van der Waals surface area contributed by atoms with Crippen LogP contribution in [0.1, 0.15) is 25.3 Å². The van der Waals surface area contributed by atoms with Gasteiger partial charge in [-0.1, -0.05) is 0 Å². The molecule has 1 aromatic heterocycles. The van der Waals surface area contributed by atoms with Crippen molar-refractivity contribution in [3.05, 3.63) is 30.1 Å². The van der Waals surface area contributed by atoms with Gasteiger partial charge in [0.05, 0.1) is 0 Å². The van der Waals surface area contributed by atoms with Crippen molar-refractivity contribution < 1.29 is 18.3 Å². The molecule has 0 amide bonds. The van der Waals surface area contributed by atoms with E-state index in [2.05, 4.69) is 4.98 Å². The number of sulfonamides is 1. The van der Waals surface area contributed by atoms with Crippen LogP contribution in [-0.4, -0.2) is 41.9 Å². The molecule has 2 rings (SSSR count). The molecule has 21 heavy (non-hydrogen) atoms. The van der Waals surface area contributed by atoms with Crippen molar-refractivity contribution in [3.63, 3.8) is 0 Å². The Balaban J connectivity index is 2.27. The van der Waals surface area contributed by atoms with E-state index in [9.17, 15) is 13.2 Å². The van der Waals surface area contributed by atoms with E-state index < -0.39 is 16.0 Å². The molecule has 0 bridgehead atoms. The van der Waals surface area contributed by atoms with Crippen LogP contribution in [0.2, 0.25) is 0 Å². The van der Waals surface area contributed by atoms with Crippen molar-refractivity contribution in [2.24, 2.45) is 5.92 Å². The molecule has 1 unspecified atom stereocenters. The van der Waals surface area contributed by atoms with Crippen LogP contribution in [0.3, 0.4) is 0 Å². The molecular weight excluding hydrogens is 292 g/mol. The molecule has 114 valence electrons. The second-order valence-corrected chi connectivity index (χ2v) is 7.22. The second kappa shape index (κ2) is 5.95. The lowest BCUT2D eigenvalue weighted by Gasteiger charge is -2.24. The predicted molar refractivity (Wildman–Crippen MR) is 78.0 cm³/mol. The SMILES string of the molecule is CC(C1CC1)N(C)S(=O)(=O)c1cncc(C=CC(=O)O)c1. The monoisotopic (exact) mass is 310 g/mol. The standard InChI is InChI=1S/C14H18N2O4S/c1-10(12-4-5-12)16(2)21(19,20)13-7-11(8-15-9-13)3-6-14(17)18/h3,6-10,12H,4-5H2,1-2H3,(H,17,18). The Bertz CT molecular complexity index is 665. The molecule has 7 heteroatoms. The van der Waals surface area contributed by atoms with Gasteiger partial charge in [-0.05, 0) is 43.4 Å². The number of hydrogen-bond donors (Lipinski definition) is 1. The first-order valence-corrected chi connectivity index (χ1v) is 8.10. The summed E-state index contributed by atoms with van der Waals surface area (Å²) in [5.74, 6) is -0.671. The van der Waals surface area contributed by atoms with Crippen LogP contribution in [0.5, 0.6) is 0 Å². The molecule has 1 heterocycles. The van der Waals surface area contributed by atoms with Crippen LogP contribution >= 0.6 is 0 Å². The summed E-state index contributed by atoms with van der Waals surface area (Å²) in [4.78, 5) is 14.5. The van der Waals surface area contributed by atoms with E-state index >= 15 is 0 Å². The van der Waals surface area contributed by atoms with E-state index in [1.165, 1.54) is 28.8 Å². The topological polar surface area (TPSA) is 87.6 Å². The highest BCUT2D eigenvalue weighted by Gasteiger charge is 2.36. The molecule has 1 saturated carbocycles. The van der Waals surface area contributed by atoms with Gasteiger partial charge in [0, 0.05) is 31.6 Å². The average molecular weight is 310 g/mol. The summed E-state index contributed by atoms with van der Waals surface area (Å²) in [6.07, 6.45) is 7.08. The van der Waals surface area contributed by atoms with Crippen LogP contribution in [0.15, 0.2) is 29.4 Å². The van der Waals surface area contributed by atoms with Gasteiger partial charge in [-0.25, -0.2) is 13.2 Å². The van der Waals surface area contributed by atoms with E-state index in [-0.39, 0.29) is 10.9 Å². The summed E-state index contributed by atoms with van der Waals surface area (Å²) < 4.78 is 26.5. The fourth-order valence-electron chi connectivity index (χ4n) is 2.10. The van der Waals surface area contributed by atoms with Gasteiger partial charge < -0.3 is 5.11 Å². The highest BCUT2D eigenvalue weighted by molar-refractivity contribution is 7.89. The highest BCUT2D eigenvalue weighted by atomic mass is 32.2. The van der Waals surface area contributed by atoms with Gasteiger partial charge in [0.15, 0.2) is 0 Å². The van der Waals surface area contributed by atoms with Crippen molar-refractivity contribution in [3.8, 4) is 0 Å². The molecule has 1 aliphatic carbocycles. The Kier molecular flexibility index (Phi) is 4.43. The smallest absolute Gasteiger partial charge is 0.328 e. The van der Waals surface area contributed by atoms with Crippen LogP contribution in [0.4, 0.5) is 0 Å². The van der Waals surface area contributed by atoms with Crippen LogP contribution in [0, 0.1) is 5.92 Å². The predicted octanol–water partition coefficient (Wildman–Crippen LogP) is 1.60. The van der Waals surface area contributed by atoms with Crippen molar-refractivity contribution in [2.45, 2.75) is 30.7 Å². The summed E-state index contributed by atoms with van der Waals surface area (Å²) in [7, 11) is -2.05. The maximum atomic E-state index is 12.5. The molecular formula is C14H18N2O4S. The van der Waals surface area contributed by atoms with Crippen LogP contribution < -0.4 is 0 Å². The van der Waals surface area contributed by atoms with Gasteiger partial charge in [0.1, 0.15) is 4.90 Å². The molecule has 0 spiro atoms. The molecule has 1 atom stereocenters. The fourth-order valence-corrected chi connectivity index (χ4v) is 3.52. The summed E-state index contributed by atoms with van der Waals surface area (Å²) in [6.45, 7) is 1.90. The van der Waals surface area contributed by atoms with Gasteiger partial charge in [-0.15, -0.1) is 0 Å². The first-order valence-electron chi connectivity index (χ1n) is 6.66. The molecule has 1 aromatic rings. The lowest BCUT2D eigenvalue weighted by Crippen LogP contribution is -2.36. The summed E-state index contributed by atoms with van der Waals surface area (Å²) in [6, 6.07) is 1.38. The van der Waals surface area contributed by atoms with Gasteiger partial charge in [-0.2, -0.15) is 4.31 Å². The maximum absolute atomic E-state index is 12.5. The summed E-state index contributed by atoms with van der Waals surface area (Å²) in [5.41, 5.74) is 0.436. The third-order valence-corrected chi connectivity index (χ3v) is 5.62. The molecule has 0 radical (unpaired) electrons. The Labute approximate surface area is 124 Å². The minimum atomic E-state index is -3.61. The van der Waals surface area contributed by atoms with Gasteiger partial charge >= 0.3 is 5.97 Å². The lowest BCUT2D eigenvalue weighted by molar-refractivity contribution is -0.131. The number of carboxylic acid groups (broad SMARTS) is 1. The number of carboxylic acids is 1. The number of hydrogen-bond acceptors (Lipinski definition) is 4. The second-order valence-electron chi connectivity index (χ2n) is 5.22. The zero-order chi connectivity index (χ0) is 15.6. The van der Waals surface area contributed by atoms with E-state index in [4.69, 9.17) is 5.11 Å². The van der Waals surface area contributed by atoms with Gasteiger partial charge in [0.25, 0.3) is 0 Å². The molecule has 1 N–H and O–H groups in total. The van der Waals surface area contributed by atoms with Gasteiger partial charge in [0.2, 0.25) is 10.0 Å². The van der Waals surface area contributed by atoms with E-state index in [1.54, 1.807) is 7.05 Å². The van der Waals surface area contributed by atoms with Crippen molar-refractivity contribution >= 4 is 22.1 Å². The van der Waals surface area contributed by atoms with Crippen LogP contribution in [-0.2, 0) is 14.8 Å². The Morgan fingerprint density at radius 3 is 2.71 bits per heavy atom. The maximum Gasteiger partial charge on any atom is 0.328 e. The van der Waals surface area contributed by atoms with Gasteiger partial charge in [-0.3, -0.25) is 4.98 Å². The zero-order valence-electron chi connectivity index (χ0n) is 11.9. The number of aliphatic carboxylic acids is 1. The van der Waals surface area contributed by atoms with E-state index in [1.807, 2.05) is 6.92 Å². The van der Waals surface area contributed by atoms with E-state index in [0.717, 1.165) is 18.9 Å². The summed E-state index contributed by atoms with van der Waals surface area (Å²) >= 11 is 0. The number of carbonyl (C=O) groups is 1. The number of aromatic nitrogens is 1. The lowest BCUT2D eigenvalue weighted by atomic mass is 10.2. The third kappa shape index (κ3) is 3.68. The number of pyridine rings is 1. The van der Waals surface area contributed by atoms with Crippen molar-refractivity contribution in [1.29, 1.82) is 0 Å². The number of rotatable bonds is 6. The molecule has 0 aromatic carbocycles. The van der Waals surface area contributed by atoms with Crippen molar-refractivity contribution in [2.75, 3.05) is 7.05 Å². The largest absolute Gasteiger partial charge is 0.478 e. The fraction of sp³-hybridized carbons (Fsp3) is 0.429. The molecule has 1 aliphatic rings. The average Bonchev–Trinajstić information content (AvgIpc) is 3.28. The van der Waals surface area contributed by atoms with Crippen LogP contribution in [0.25, 0.3) is 6.08 Å². The molecule has 0 aliphatic heterocycles. The minimum absolute atomic E-state index is 0.0479. The highest BCUT2D eigenvalue weighted by Crippen LogP contribution is 2.36. The molecule has 1 fully saturated rings. The quantitative estimate of drug-likeness (QED) is 0.806. The third-order valence-electron chi connectivity index (χ3n) is 3.71. The normalized spacial score (nSPS) is 17.3. The molecule has 6 nitrogen and oxygen atoms in total. The Morgan fingerprint density at radius 2 is 2.14 bits per heavy atom. The molecule has 0 saturated heterocycles. The minimum Gasteiger partial charge on any atom is -0.478 e. The summed E-state index contributed by atoms with van der Waals surface area (Å²) in [5, 5.41) is 8.60. The number of nitrogens with zero attached hydrogens (tertiary/aromatic N) is 2.